The summed E-state index contributed by atoms with van der Waals surface area (Å²) in [4.78, 5) is 11.3. The van der Waals surface area contributed by atoms with Gasteiger partial charge >= 0.3 is 5.97 Å². The number of carbonyl (C=O) groups is 1. The van der Waals surface area contributed by atoms with Gasteiger partial charge in [-0.15, -0.1) is 0 Å². The van der Waals surface area contributed by atoms with Gasteiger partial charge in [0, 0.05) is 0 Å². The first-order valence-electron chi connectivity index (χ1n) is 5.40. The number of methoxy groups -OCH3 is 1. The number of carbonyl (C=O) groups excluding carboxylic acids is 1. The monoisotopic (exact) mass is 222 g/mol. The second-order valence-corrected chi connectivity index (χ2v) is 4.03. The number of benzene rings is 1. The molecule has 0 aromatic heterocycles. The van der Waals surface area contributed by atoms with E-state index in [1.807, 2.05) is 19.1 Å². The highest BCUT2D eigenvalue weighted by molar-refractivity contribution is 5.90. The largest absolute Gasteiger partial charge is 0.465 e. The molecule has 1 N–H and O–H groups in total. The number of aryl methyl sites for hydroxylation is 2. The second-order valence-electron chi connectivity index (χ2n) is 4.03. The van der Waals surface area contributed by atoms with Crippen molar-refractivity contribution in [1.82, 2.24) is 0 Å². The molecular weight excluding hydrogens is 204 g/mol. The van der Waals surface area contributed by atoms with Gasteiger partial charge in [0.05, 0.1) is 18.8 Å². The molecule has 16 heavy (non-hydrogen) atoms. The second kappa shape index (κ2) is 5.66. The Kier molecular flexibility index (Phi) is 4.50. The molecule has 0 heterocycles. The van der Waals surface area contributed by atoms with Crippen molar-refractivity contribution in [3.63, 3.8) is 0 Å². The van der Waals surface area contributed by atoms with Crippen LogP contribution in [0.25, 0.3) is 0 Å². The van der Waals surface area contributed by atoms with Gasteiger partial charge in [-0.25, -0.2) is 4.79 Å². The first-order chi connectivity index (χ1) is 7.54. The zero-order valence-corrected chi connectivity index (χ0v) is 9.99. The number of ether oxygens (including phenoxy) is 1. The van der Waals surface area contributed by atoms with E-state index in [4.69, 9.17) is 0 Å². The lowest BCUT2D eigenvalue weighted by Gasteiger charge is -2.08. The van der Waals surface area contributed by atoms with E-state index >= 15 is 0 Å². The third-order valence-corrected chi connectivity index (χ3v) is 2.55. The molecular formula is C13H18O3. The minimum Gasteiger partial charge on any atom is -0.465 e. The van der Waals surface area contributed by atoms with Crippen LogP contribution in [0.5, 0.6) is 0 Å². The molecule has 0 saturated heterocycles. The van der Waals surface area contributed by atoms with Crippen molar-refractivity contribution in [2.24, 2.45) is 0 Å². The van der Waals surface area contributed by atoms with Crippen LogP contribution in [0.1, 0.15) is 34.8 Å². The number of hydrogen-bond donors (Lipinski definition) is 1. The Morgan fingerprint density at radius 1 is 1.50 bits per heavy atom. The molecule has 0 aliphatic carbocycles. The van der Waals surface area contributed by atoms with Crippen LogP contribution in [-0.2, 0) is 11.2 Å². The number of hydrogen-bond acceptors (Lipinski definition) is 3. The van der Waals surface area contributed by atoms with Gasteiger partial charge in [-0.1, -0.05) is 12.1 Å². The molecule has 0 fully saturated rings. The maximum absolute atomic E-state index is 11.3. The van der Waals surface area contributed by atoms with E-state index in [1.165, 1.54) is 7.11 Å². The maximum Gasteiger partial charge on any atom is 0.338 e. The SMILES string of the molecule is COC(=O)c1ccc(CC[C@H](C)O)cc1C. The van der Waals surface area contributed by atoms with Crippen molar-refractivity contribution >= 4 is 5.97 Å². The number of rotatable bonds is 4. The molecule has 1 aromatic rings. The van der Waals surface area contributed by atoms with Gasteiger partial charge in [0.15, 0.2) is 0 Å². The van der Waals surface area contributed by atoms with Crippen molar-refractivity contribution in [1.29, 1.82) is 0 Å². The Bertz CT molecular complexity index is 369. The van der Waals surface area contributed by atoms with Crippen molar-refractivity contribution < 1.29 is 14.6 Å². The smallest absolute Gasteiger partial charge is 0.338 e. The molecule has 1 rings (SSSR count). The van der Waals surface area contributed by atoms with Gasteiger partial charge in [0.2, 0.25) is 0 Å². The van der Waals surface area contributed by atoms with Gasteiger partial charge in [0.1, 0.15) is 0 Å². The van der Waals surface area contributed by atoms with Gasteiger partial charge < -0.3 is 9.84 Å². The third kappa shape index (κ3) is 3.35. The predicted octanol–water partition coefficient (Wildman–Crippen LogP) is 2.10. The maximum atomic E-state index is 11.3. The van der Waals surface area contributed by atoms with E-state index < -0.39 is 0 Å². The summed E-state index contributed by atoms with van der Waals surface area (Å²) >= 11 is 0. The van der Waals surface area contributed by atoms with Crippen molar-refractivity contribution in [3.8, 4) is 0 Å². The summed E-state index contributed by atoms with van der Waals surface area (Å²) in [6.07, 6.45) is 1.26. The summed E-state index contributed by atoms with van der Waals surface area (Å²) in [7, 11) is 1.38. The summed E-state index contributed by atoms with van der Waals surface area (Å²) < 4.78 is 4.68. The van der Waals surface area contributed by atoms with E-state index in [2.05, 4.69) is 4.74 Å². The molecule has 0 unspecified atom stereocenters. The van der Waals surface area contributed by atoms with Gasteiger partial charge in [0.25, 0.3) is 0 Å². The highest BCUT2D eigenvalue weighted by atomic mass is 16.5. The summed E-state index contributed by atoms with van der Waals surface area (Å²) in [6.45, 7) is 3.66. The summed E-state index contributed by atoms with van der Waals surface area (Å²) in [5.74, 6) is -0.306. The Morgan fingerprint density at radius 3 is 2.69 bits per heavy atom. The highest BCUT2D eigenvalue weighted by Crippen LogP contribution is 2.14. The predicted molar refractivity (Wildman–Crippen MR) is 62.5 cm³/mol. The quantitative estimate of drug-likeness (QED) is 0.793. The van der Waals surface area contributed by atoms with Crippen LogP contribution >= 0.6 is 0 Å². The topological polar surface area (TPSA) is 46.5 Å². The van der Waals surface area contributed by atoms with Crippen LogP contribution in [0, 0.1) is 6.92 Å². The zero-order valence-electron chi connectivity index (χ0n) is 9.99. The fourth-order valence-electron chi connectivity index (χ4n) is 1.60. The zero-order chi connectivity index (χ0) is 12.1. The van der Waals surface area contributed by atoms with Gasteiger partial charge in [-0.2, -0.15) is 0 Å². The molecule has 1 atom stereocenters. The Balaban J connectivity index is 2.78. The van der Waals surface area contributed by atoms with Crippen LogP contribution in [0.3, 0.4) is 0 Å². The van der Waals surface area contributed by atoms with E-state index in [0.29, 0.717) is 5.56 Å². The van der Waals surface area contributed by atoms with Crippen LogP contribution in [0.15, 0.2) is 18.2 Å². The summed E-state index contributed by atoms with van der Waals surface area (Å²) in [5.41, 5.74) is 2.64. The van der Waals surface area contributed by atoms with E-state index in [9.17, 15) is 9.90 Å². The Labute approximate surface area is 96.1 Å². The van der Waals surface area contributed by atoms with Crippen molar-refractivity contribution in [2.45, 2.75) is 32.8 Å². The molecule has 0 aliphatic rings. The molecule has 3 nitrogen and oxygen atoms in total. The molecule has 1 aromatic carbocycles. The average Bonchev–Trinajstić information content (AvgIpc) is 2.25. The summed E-state index contributed by atoms with van der Waals surface area (Å²) in [5, 5.41) is 9.19. The lowest BCUT2D eigenvalue weighted by molar-refractivity contribution is 0.0600. The Morgan fingerprint density at radius 2 is 2.19 bits per heavy atom. The van der Waals surface area contributed by atoms with Crippen LogP contribution in [-0.4, -0.2) is 24.3 Å². The molecule has 0 bridgehead atoms. The average molecular weight is 222 g/mol. The number of aliphatic hydroxyl groups excluding tert-OH is 1. The first-order valence-corrected chi connectivity index (χ1v) is 5.40. The first kappa shape index (κ1) is 12.7. The van der Waals surface area contributed by atoms with Gasteiger partial charge in [-0.05, 0) is 43.9 Å². The lowest BCUT2D eigenvalue weighted by atomic mass is 10.0. The molecule has 0 radical (unpaired) electrons. The van der Waals surface area contributed by atoms with Crippen LogP contribution in [0.4, 0.5) is 0 Å². The normalized spacial score (nSPS) is 12.2. The summed E-state index contributed by atoms with van der Waals surface area (Å²) in [6, 6.07) is 5.65. The number of aliphatic hydroxyl groups is 1. The van der Waals surface area contributed by atoms with Crippen LogP contribution < -0.4 is 0 Å². The standard InChI is InChI=1S/C13H18O3/c1-9-8-11(5-4-10(2)14)6-7-12(9)13(15)16-3/h6-8,10,14H,4-5H2,1-3H3/t10-/m0/s1. The van der Waals surface area contributed by atoms with Crippen LogP contribution in [0.2, 0.25) is 0 Å². The van der Waals surface area contributed by atoms with E-state index in [1.54, 1.807) is 13.0 Å². The molecule has 3 heteroatoms. The highest BCUT2D eigenvalue weighted by Gasteiger charge is 2.09. The molecule has 88 valence electrons. The minimum absolute atomic E-state index is 0.291. The molecule has 0 aliphatic heterocycles. The van der Waals surface area contributed by atoms with Gasteiger partial charge in [-0.3, -0.25) is 0 Å². The molecule has 0 amide bonds. The number of esters is 1. The lowest BCUT2D eigenvalue weighted by Crippen LogP contribution is -2.05. The third-order valence-electron chi connectivity index (χ3n) is 2.55. The van der Waals surface area contributed by atoms with Crippen molar-refractivity contribution in [2.75, 3.05) is 7.11 Å². The fourth-order valence-corrected chi connectivity index (χ4v) is 1.60. The van der Waals surface area contributed by atoms with E-state index in [-0.39, 0.29) is 12.1 Å². The minimum atomic E-state index is -0.306. The van der Waals surface area contributed by atoms with E-state index in [0.717, 1.165) is 24.0 Å². The fraction of sp³-hybridized carbons (Fsp3) is 0.462. The Hall–Kier alpha value is -1.35. The van der Waals surface area contributed by atoms with Crippen molar-refractivity contribution in [3.05, 3.63) is 34.9 Å². The molecule has 0 saturated carbocycles. The molecule has 0 spiro atoms.